The Labute approximate surface area is 301 Å². The van der Waals surface area contributed by atoms with Crippen LogP contribution in [0, 0.1) is 0 Å². The molecule has 0 fully saturated rings. The van der Waals surface area contributed by atoms with E-state index in [0.29, 0.717) is 38.6 Å². The molecule has 50 heavy (non-hydrogen) atoms. The van der Waals surface area contributed by atoms with Gasteiger partial charge < -0.3 is 20.1 Å². The van der Waals surface area contributed by atoms with Crippen LogP contribution in [0.4, 0.5) is 0 Å². The Morgan fingerprint density at radius 3 is 1.44 bits per heavy atom. The predicted molar refractivity (Wildman–Crippen MR) is 195 cm³/mol. The maximum Gasteiger partial charge on any atom is 0.331 e. The van der Waals surface area contributed by atoms with Crippen LogP contribution in [0.5, 0.6) is 0 Å². The van der Waals surface area contributed by atoms with E-state index in [0.717, 1.165) is 38.5 Å². The van der Waals surface area contributed by atoms with E-state index < -0.39 is 23.2 Å². The molecular formula is C39H67N3O8. The van der Waals surface area contributed by atoms with Crippen molar-refractivity contribution in [1.29, 1.82) is 0 Å². The number of hydrogen-bond donors (Lipinski definition) is 2. The normalized spacial score (nSPS) is 13.8. The minimum absolute atomic E-state index is 0.0577. The number of imide groups is 1. The summed E-state index contributed by atoms with van der Waals surface area (Å²) in [6.07, 6.45) is 21.2. The quantitative estimate of drug-likeness (QED) is 0.0528. The first-order valence-corrected chi connectivity index (χ1v) is 19.1. The Balaban J connectivity index is 2.13. The van der Waals surface area contributed by atoms with E-state index in [-0.39, 0.29) is 42.6 Å². The molecule has 0 saturated heterocycles. The second kappa shape index (κ2) is 24.8. The minimum atomic E-state index is -0.977. The lowest BCUT2D eigenvalue weighted by molar-refractivity contribution is -0.158. The van der Waals surface area contributed by atoms with Crippen molar-refractivity contribution in [3.63, 3.8) is 0 Å². The monoisotopic (exact) mass is 705 g/mol. The summed E-state index contributed by atoms with van der Waals surface area (Å²) in [5.41, 5.74) is -1.13. The molecule has 0 saturated carbocycles. The van der Waals surface area contributed by atoms with Gasteiger partial charge in [0.15, 0.2) is 0 Å². The second-order valence-electron chi connectivity index (χ2n) is 15.5. The molecule has 1 rings (SSSR count). The number of hydrogen-bond acceptors (Lipinski definition) is 8. The predicted octanol–water partition coefficient (Wildman–Crippen LogP) is 7.00. The minimum Gasteiger partial charge on any atom is -0.460 e. The summed E-state index contributed by atoms with van der Waals surface area (Å²) in [7, 11) is 0. The number of carbonyl (C=O) groups is 6. The highest BCUT2D eigenvalue weighted by Crippen LogP contribution is 2.16. The molecule has 0 aromatic heterocycles. The van der Waals surface area contributed by atoms with Crippen LogP contribution >= 0.6 is 0 Å². The van der Waals surface area contributed by atoms with E-state index >= 15 is 0 Å². The van der Waals surface area contributed by atoms with Crippen LogP contribution in [-0.2, 0) is 38.2 Å². The molecule has 0 aromatic rings. The number of unbranched alkanes of at least 4 members (excludes halogenated alkanes) is 15. The third kappa shape index (κ3) is 24.0. The number of amides is 4. The van der Waals surface area contributed by atoms with Crippen LogP contribution in [0.3, 0.4) is 0 Å². The van der Waals surface area contributed by atoms with Crippen molar-refractivity contribution >= 4 is 35.6 Å². The van der Waals surface area contributed by atoms with Gasteiger partial charge in [-0.05, 0) is 67.2 Å². The standard InChI is InChI=1S/C39H67N3O8/c1-38(2,3)49-36(47)26-22-18-16-14-12-10-8-7-9-11-13-15-17-20-25-33(44)41-31(37(48)50-39(4,5)6)30-40-32(43)24-21-19-23-29-42-34(45)27-28-35(42)46/h27-28,31H,7-26,29-30H2,1-6H3,(H,40,43)(H,41,44)/t31-/m0/s1. The highest BCUT2D eigenvalue weighted by atomic mass is 16.6. The van der Waals surface area contributed by atoms with Crippen molar-refractivity contribution in [3.8, 4) is 0 Å². The highest BCUT2D eigenvalue weighted by Gasteiger charge is 2.27. The fourth-order valence-corrected chi connectivity index (χ4v) is 5.59. The molecule has 0 spiro atoms. The van der Waals surface area contributed by atoms with Crippen molar-refractivity contribution in [1.82, 2.24) is 15.5 Å². The van der Waals surface area contributed by atoms with E-state index in [2.05, 4.69) is 10.6 Å². The molecule has 1 atom stereocenters. The van der Waals surface area contributed by atoms with Gasteiger partial charge in [0.05, 0.1) is 0 Å². The zero-order chi connectivity index (χ0) is 37.4. The molecule has 11 nitrogen and oxygen atoms in total. The third-order valence-corrected chi connectivity index (χ3v) is 8.17. The van der Waals surface area contributed by atoms with E-state index in [1.165, 1.54) is 68.4 Å². The number of esters is 2. The third-order valence-electron chi connectivity index (χ3n) is 8.17. The summed E-state index contributed by atoms with van der Waals surface area (Å²) in [6.45, 7) is 11.2. The summed E-state index contributed by atoms with van der Waals surface area (Å²) in [5.74, 6) is -1.79. The number of nitrogens with zero attached hydrogens (tertiary/aromatic N) is 1. The van der Waals surface area contributed by atoms with E-state index in [1.807, 2.05) is 20.8 Å². The summed E-state index contributed by atoms with van der Waals surface area (Å²) >= 11 is 0. The van der Waals surface area contributed by atoms with Gasteiger partial charge in [-0.15, -0.1) is 0 Å². The summed E-state index contributed by atoms with van der Waals surface area (Å²) < 4.78 is 10.8. The van der Waals surface area contributed by atoms with Crippen molar-refractivity contribution in [2.75, 3.05) is 13.1 Å². The molecule has 0 aliphatic carbocycles. The Bertz CT molecular complexity index is 1070. The summed E-state index contributed by atoms with van der Waals surface area (Å²) in [4.78, 5) is 74.0. The van der Waals surface area contributed by atoms with Gasteiger partial charge in [0, 0.05) is 44.5 Å². The van der Waals surface area contributed by atoms with Crippen molar-refractivity contribution < 1.29 is 38.2 Å². The fraction of sp³-hybridized carbons (Fsp3) is 0.795. The first-order chi connectivity index (χ1) is 23.6. The summed E-state index contributed by atoms with van der Waals surface area (Å²) in [6, 6.07) is -0.977. The molecule has 1 aliphatic rings. The second-order valence-corrected chi connectivity index (χ2v) is 15.5. The van der Waals surface area contributed by atoms with Crippen LogP contribution < -0.4 is 10.6 Å². The molecule has 0 radical (unpaired) electrons. The van der Waals surface area contributed by atoms with Crippen LogP contribution in [0.15, 0.2) is 12.2 Å². The Morgan fingerprint density at radius 2 is 0.980 bits per heavy atom. The Kier molecular flexibility index (Phi) is 22.2. The lowest BCUT2D eigenvalue weighted by Crippen LogP contribution is -2.50. The van der Waals surface area contributed by atoms with Gasteiger partial charge in [-0.2, -0.15) is 0 Å². The molecule has 0 bridgehead atoms. The summed E-state index contributed by atoms with van der Waals surface area (Å²) in [5, 5.41) is 5.48. The van der Waals surface area contributed by atoms with Crippen LogP contribution in [0.25, 0.3) is 0 Å². The maximum absolute atomic E-state index is 12.8. The van der Waals surface area contributed by atoms with Gasteiger partial charge in [0.25, 0.3) is 11.8 Å². The largest absolute Gasteiger partial charge is 0.460 e. The molecule has 0 aromatic carbocycles. The average molecular weight is 706 g/mol. The number of nitrogens with one attached hydrogen (secondary N) is 2. The fourth-order valence-electron chi connectivity index (χ4n) is 5.59. The Hall–Kier alpha value is -3.24. The number of rotatable bonds is 27. The van der Waals surface area contributed by atoms with Crippen molar-refractivity contribution in [2.45, 2.75) is 187 Å². The average Bonchev–Trinajstić information content (AvgIpc) is 3.33. The van der Waals surface area contributed by atoms with Gasteiger partial charge in [-0.1, -0.05) is 83.5 Å². The SMILES string of the molecule is CC(C)(C)OC(=O)CCCCCCCCCCCCCCCCC(=O)N[C@@H](CNC(=O)CCCCCN1C(=O)C=CC1=O)C(=O)OC(C)(C)C. The molecule has 2 N–H and O–H groups in total. The zero-order valence-corrected chi connectivity index (χ0v) is 32.0. The van der Waals surface area contributed by atoms with Crippen LogP contribution in [0.2, 0.25) is 0 Å². The molecule has 11 heteroatoms. The van der Waals surface area contributed by atoms with E-state index in [4.69, 9.17) is 9.47 Å². The zero-order valence-electron chi connectivity index (χ0n) is 32.0. The van der Waals surface area contributed by atoms with Gasteiger partial charge in [0.1, 0.15) is 17.2 Å². The van der Waals surface area contributed by atoms with Gasteiger partial charge in [-0.3, -0.25) is 28.9 Å². The van der Waals surface area contributed by atoms with Gasteiger partial charge >= 0.3 is 11.9 Å². The molecule has 4 amide bonds. The first kappa shape index (κ1) is 44.8. The van der Waals surface area contributed by atoms with Crippen molar-refractivity contribution in [3.05, 3.63) is 12.2 Å². The molecule has 0 unspecified atom stereocenters. The van der Waals surface area contributed by atoms with E-state index in [9.17, 15) is 28.8 Å². The molecule has 286 valence electrons. The number of ether oxygens (including phenoxy) is 2. The van der Waals surface area contributed by atoms with E-state index in [1.54, 1.807) is 20.8 Å². The Morgan fingerprint density at radius 1 is 0.580 bits per heavy atom. The van der Waals surface area contributed by atoms with Crippen LogP contribution in [-0.4, -0.2) is 70.8 Å². The molecular weight excluding hydrogens is 638 g/mol. The smallest absolute Gasteiger partial charge is 0.331 e. The molecule has 1 aliphatic heterocycles. The molecule has 1 heterocycles. The van der Waals surface area contributed by atoms with Gasteiger partial charge in [0.2, 0.25) is 11.8 Å². The van der Waals surface area contributed by atoms with Gasteiger partial charge in [-0.25, -0.2) is 4.79 Å². The van der Waals surface area contributed by atoms with Crippen LogP contribution in [0.1, 0.15) is 170 Å². The highest BCUT2D eigenvalue weighted by molar-refractivity contribution is 6.12. The maximum atomic E-state index is 12.8. The van der Waals surface area contributed by atoms with Crippen molar-refractivity contribution in [2.24, 2.45) is 0 Å². The number of carbonyl (C=O) groups excluding carboxylic acids is 6. The lowest BCUT2D eigenvalue weighted by Gasteiger charge is -2.25. The lowest BCUT2D eigenvalue weighted by atomic mass is 10.0. The first-order valence-electron chi connectivity index (χ1n) is 19.1. The topological polar surface area (TPSA) is 148 Å².